The number of hydrogen-bond acceptors (Lipinski definition) is 5. The van der Waals surface area contributed by atoms with E-state index < -0.39 is 15.9 Å². The molecule has 1 heterocycles. The summed E-state index contributed by atoms with van der Waals surface area (Å²) in [5.41, 5.74) is 3.28. The lowest BCUT2D eigenvalue weighted by Crippen LogP contribution is -2.48. The molecule has 0 saturated carbocycles. The molecule has 1 saturated heterocycles. The Morgan fingerprint density at radius 2 is 1.70 bits per heavy atom. The number of anilines is 1. The van der Waals surface area contributed by atoms with Crippen LogP contribution in [0.25, 0.3) is 0 Å². The monoisotopic (exact) mass is 429 g/mol. The number of nitrogens with one attached hydrogen (secondary N) is 1. The Kier molecular flexibility index (Phi) is 7.50. The van der Waals surface area contributed by atoms with Gasteiger partial charge in [0.15, 0.2) is 9.84 Å². The molecule has 1 amide bonds. The molecule has 2 aromatic carbocycles. The lowest BCUT2D eigenvalue weighted by atomic mass is 10.0. The van der Waals surface area contributed by atoms with E-state index in [0.717, 1.165) is 12.1 Å². The summed E-state index contributed by atoms with van der Waals surface area (Å²) in [4.78, 5) is 17.4. The van der Waals surface area contributed by atoms with E-state index in [4.69, 9.17) is 0 Å². The van der Waals surface area contributed by atoms with E-state index in [2.05, 4.69) is 36.2 Å². The first kappa shape index (κ1) is 22.3. The molecule has 7 heteroatoms. The lowest BCUT2D eigenvalue weighted by molar-refractivity contribution is -0.126. The Morgan fingerprint density at radius 1 is 1.07 bits per heavy atom. The quantitative estimate of drug-likeness (QED) is 0.698. The molecular weight excluding hydrogens is 398 g/mol. The Hall–Kier alpha value is -2.38. The van der Waals surface area contributed by atoms with E-state index in [1.807, 2.05) is 47.4 Å². The molecule has 0 aromatic heterocycles. The maximum Gasteiger partial charge on any atom is 0.242 e. The van der Waals surface area contributed by atoms with Crippen LogP contribution in [0.1, 0.15) is 24.1 Å². The fourth-order valence-electron chi connectivity index (χ4n) is 3.93. The number of hydrogen-bond donors (Lipinski definition) is 1. The van der Waals surface area contributed by atoms with E-state index in [9.17, 15) is 13.2 Å². The summed E-state index contributed by atoms with van der Waals surface area (Å²) in [6.07, 6.45) is 0. The molecular formula is C23H31N3O3S. The van der Waals surface area contributed by atoms with Gasteiger partial charge in [0.05, 0.1) is 11.5 Å². The number of amides is 1. The highest BCUT2D eigenvalue weighted by molar-refractivity contribution is 7.91. The summed E-state index contributed by atoms with van der Waals surface area (Å²) in [7, 11) is -3.00. The molecule has 0 spiro atoms. The Bertz CT molecular complexity index is 933. The zero-order valence-corrected chi connectivity index (χ0v) is 18.6. The number of carbonyl (C=O) groups is 1. The van der Waals surface area contributed by atoms with Crippen molar-refractivity contribution in [3.63, 3.8) is 0 Å². The van der Waals surface area contributed by atoms with Gasteiger partial charge in [0, 0.05) is 38.4 Å². The van der Waals surface area contributed by atoms with Gasteiger partial charge in [0.2, 0.25) is 5.91 Å². The van der Waals surface area contributed by atoms with E-state index in [1.54, 1.807) is 0 Å². The number of aryl methyl sites for hydroxylation is 1. The molecule has 1 aliphatic rings. The van der Waals surface area contributed by atoms with Crippen LogP contribution in [0.15, 0.2) is 54.6 Å². The van der Waals surface area contributed by atoms with Crippen LogP contribution in [0.4, 0.5) is 5.69 Å². The minimum absolute atomic E-state index is 0.0821. The van der Waals surface area contributed by atoms with Gasteiger partial charge in [0.25, 0.3) is 0 Å². The topological polar surface area (TPSA) is 69.7 Å². The van der Waals surface area contributed by atoms with Gasteiger partial charge >= 0.3 is 0 Å². The number of nitrogens with zero attached hydrogens (tertiary/aromatic N) is 2. The van der Waals surface area contributed by atoms with Crippen LogP contribution >= 0.6 is 0 Å². The van der Waals surface area contributed by atoms with Crippen LogP contribution in [0.2, 0.25) is 0 Å². The minimum atomic E-state index is -3.00. The first-order valence-electron chi connectivity index (χ1n) is 10.5. The van der Waals surface area contributed by atoms with Crippen molar-refractivity contribution in [1.29, 1.82) is 0 Å². The Labute approximate surface area is 179 Å². The van der Waals surface area contributed by atoms with Gasteiger partial charge in [-0.15, -0.1) is 0 Å². The van der Waals surface area contributed by atoms with Crippen molar-refractivity contribution in [1.82, 2.24) is 10.2 Å². The molecule has 1 aliphatic heterocycles. The summed E-state index contributed by atoms with van der Waals surface area (Å²) in [5.74, 6) is 0.113. The zero-order chi connectivity index (χ0) is 21.6. The highest BCUT2D eigenvalue weighted by Crippen LogP contribution is 2.23. The molecule has 2 aromatic rings. The van der Waals surface area contributed by atoms with E-state index >= 15 is 0 Å². The van der Waals surface area contributed by atoms with Crippen molar-refractivity contribution in [3.8, 4) is 0 Å². The minimum Gasteiger partial charge on any atom is -0.370 e. The molecule has 1 fully saturated rings. The molecule has 1 unspecified atom stereocenters. The predicted octanol–water partition coefficient (Wildman–Crippen LogP) is 2.41. The first-order chi connectivity index (χ1) is 14.4. The highest BCUT2D eigenvalue weighted by Gasteiger charge is 2.32. The molecule has 1 N–H and O–H groups in total. The van der Waals surface area contributed by atoms with Crippen LogP contribution in [0, 0.1) is 6.92 Å². The van der Waals surface area contributed by atoms with E-state index in [0.29, 0.717) is 26.2 Å². The second-order valence-corrected chi connectivity index (χ2v) is 9.96. The van der Waals surface area contributed by atoms with Crippen molar-refractivity contribution in [2.24, 2.45) is 0 Å². The Balaban J connectivity index is 1.67. The number of likely N-dealkylation sites (N-methyl/N-ethyl adjacent to an activating group) is 1. The number of carbonyl (C=O) groups excluding carboxylic acids is 1. The predicted molar refractivity (Wildman–Crippen MR) is 121 cm³/mol. The first-order valence-corrected chi connectivity index (χ1v) is 12.3. The van der Waals surface area contributed by atoms with Crippen LogP contribution < -0.4 is 10.2 Å². The van der Waals surface area contributed by atoms with Gasteiger partial charge in [-0.25, -0.2) is 8.42 Å². The summed E-state index contributed by atoms with van der Waals surface area (Å²) in [6, 6.07) is 17.4. The standard InChI is InChI=1S/C23H31N3O3S/c1-3-25(21-12-8-7-9-19(21)2)14-13-24-23(27)22(20-10-5-4-6-11-20)26-15-17-30(28,29)18-16-26/h4-12,22H,3,13-18H2,1-2H3,(H,24,27). The fourth-order valence-corrected chi connectivity index (χ4v) is 5.16. The zero-order valence-electron chi connectivity index (χ0n) is 17.8. The molecule has 0 aliphatic carbocycles. The summed E-state index contributed by atoms with van der Waals surface area (Å²) in [5, 5.41) is 3.08. The van der Waals surface area contributed by atoms with E-state index in [1.165, 1.54) is 11.3 Å². The maximum absolute atomic E-state index is 13.2. The van der Waals surface area contributed by atoms with Crippen molar-refractivity contribution in [2.75, 3.05) is 49.1 Å². The molecule has 6 nitrogen and oxygen atoms in total. The van der Waals surface area contributed by atoms with Crippen LogP contribution in [0.5, 0.6) is 0 Å². The normalized spacial score (nSPS) is 17.3. The van der Waals surface area contributed by atoms with Gasteiger partial charge in [0.1, 0.15) is 6.04 Å². The largest absolute Gasteiger partial charge is 0.370 e. The SMILES string of the molecule is CCN(CCNC(=O)C(c1ccccc1)N1CCS(=O)(=O)CC1)c1ccccc1C. The molecule has 0 radical (unpaired) electrons. The van der Waals surface area contributed by atoms with Crippen molar-refractivity contribution >= 4 is 21.4 Å². The van der Waals surface area contributed by atoms with Crippen LogP contribution in [-0.2, 0) is 14.6 Å². The maximum atomic E-state index is 13.2. The third-order valence-corrected chi connectivity index (χ3v) is 7.24. The van der Waals surface area contributed by atoms with E-state index in [-0.39, 0.29) is 17.4 Å². The van der Waals surface area contributed by atoms with Gasteiger partial charge in [-0.1, -0.05) is 48.5 Å². The molecule has 0 bridgehead atoms. The van der Waals surface area contributed by atoms with Gasteiger partial charge in [-0.3, -0.25) is 9.69 Å². The van der Waals surface area contributed by atoms with Crippen molar-refractivity contribution in [2.45, 2.75) is 19.9 Å². The third-order valence-electron chi connectivity index (χ3n) is 5.63. The second-order valence-electron chi connectivity index (χ2n) is 7.66. The smallest absolute Gasteiger partial charge is 0.242 e. The van der Waals surface area contributed by atoms with Gasteiger partial charge < -0.3 is 10.2 Å². The number of rotatable bonds is 8. The molecule has 1 atom stereocenters. The molecule has 3 rings (SSSR count). The third kappa shape index (κ3) is 5.61. The van der Waals surface area contributed by atoms with Crippen molar-refractivity contribution < 1.29 is 13.2 Å². The average Bonchev–Trinajstić information content (AvgIpc) is 2.74. The average molecular weight is 430 g/mol. The van der Waals surface area contributed by atoms with Crippen molar-refractivity contribution in [3.05, 3.63) is 65.7 Å². The summed E-state index contributed by atoms with van der Waals surface area (Å²) < 4.78 is 23.7. The number of sulfone groups is 1. The van der Waals surface area contributed by atoms with Gasteiger partial charge in [-0.2, -0.15) is 0 Å². The molecule has 30 heavy (non-hydrogen) atoms. The fraction of sp³-hybridized carbons (Fsp3) is 0.435. The van der Waals surface area contributed by atoms with Crippen LogP contribution in [0.3, 0.4) is 0 Å². The number of para-hydroxylation sites is 1. The van der Waals surface area contributed by atoms with Gasteiger partial charge in [-0.05, 0) is 31.0 Å². The summed E-state index contributed by atoms with van der Waals surface area (Å²) >= 11 is 0. The van der Waals surface area contributed by atoms with Crippen LogP contribution in [-0.4, -0.2) is 63.5 Å². The Morgan fingerprint density at radius 3 is 2.33 bits per heavy atom. The highest BCUT2D eigenvalue weighted by atomic mass is 32.2. The second kappa shape index (κ2) is 10.1. The lowest BCUT2D eigenvalue weighted by Gasteiger charge is -2.34. The number of benzene rings is 2. The molecule has 162 valence electrons. The summed E-state index contributed by atoms with van der Waals surface area (Å²) in [6.45, 7) is 7.03.